The van der Waals surface area contributed by atoms with E-state index >= 15 is 0 Å². The van der Waals surface area contributed by atoms with Crippen LogP contribution in [0.4, 0.5) is 0 Å². The van der Waals surface area contributed by atoms with Gasteiger partial charge in [0.25, 0.3) is 7.82 Å². The number of carbonyl (C=O) groups is 2. The number of hydrogen-bond donors (Lipinski definition) is 2. The molecule has 0 saturated heterocycles. The molecular formula is C48H82NO10P. The van der Waals surface area contributed by atoms with Crippen LogP contribution in [0.15, 0.2) is 85.1 Å². The molecule has 0 heterocycles. The Kier molecular flexibility index (Phi) is 37.1. The zero-order valence-electron chi connectivity index (χ0n) is 37.8. The van der Waals surface area contributed by atoms with Crippen molar-refractivity contribution in [2.45, 2.75) is 161 Å². The molecule has 0 amide bonds. The van der Waals surface area contributed by atoms with Crippen LogP contribution in [0.3, 0.4) is 0 Å². The summed E-state index contributed by atoms with van der Waals surface area (Å²) in [6.45, 7) is 3.68. The number of carbonyl (C=O) groups excluding carboxylic acids is 2. The van der Waals surface area contributed by atoms with Crippen molar-refractivity contribution in [1.82, 2.24) is 0 Å². The van der Waals surface area contributed by atoms with E-state index in [1.807, 2.05) is 51.5 Å². The Balaban J connectivity index is 4.69. The number of aliphatic hydroxyl groups excluding tert-OH is 2. The second kappa shape index (κ2) is 39.0. The molecule has 0 aliphatic heterocycles. The van der Waals surface area contributed by atoms with Crippen molar-refractivity contribution in [3.63, 3.8) is 0 Å². The zero-order valence-corrected chi connectivity index (χ0v) is 38.7. The predicted molar refractivity (Wildman–Crippen MR) is 243 cm³/mol. The molecule has 2 N–H and O–H groups in total. The Bertz CT molecular complexity index is 1330. The van der Waals surface area contributed by atoms with E-state index in [-0.39, 0.29) is 38.7 Å². The van der Waals surface area contributed by atoms with Crippen molar-refractivity contribution in [2.24, 2.45) is 0 Å². The lowest BCUT2D eigenvalue weighted by Crippen LogP contribution is -2.37. The van der Waals surface area contributed by atoms with Crippen LogP contribution < -0.4 is 4.89 Å². The summed E-state index contributed by atoms with van der Waals surface area (Å²) >= 11 is 0. The van der Waals surface area contributed by atoms with Gasteiger partial charge >= 0.3 is 11.9 Å². The summed E-state index contributed by atoms with van der Waals surface area (Å²) in [6.07, 6.45) is 42.3. The molecule has 344 valence electrons. The van der Waals surface area contributed by atoms with E-state index in [0.29, 0.717) is 23.9 Å². The average Bonchev–Trinajstić information content (AvgIpc) is 3.19. The van der Waals surface area contributed by atoms with Crippen LogP contribution in [-0.2, 0) is 32.7 Å². The first-order valence-electron chi connectivity index (χ1n) is 22.5. The Labute approximate surface area is 364 Å². The Morgan fingerprint density at radius 1 is 0.617 bits per heavy atom. The second-order valence-electron chi connectivity index (χ2n) is 16.0. The third-order valence-corrected chi connectivity index (χ3v) is 10.1. The monoisotopic (exact) mass is 864 g/mol. The lowest BCUT2D eigenvalue weighted by molar-refractivity contribution is -0.870. The van der Waals surface area contributed by atoms with Crippen molar-refractivity contribution < 1.29 is 52.3 Å². The molecule has 1 unspecified atom stereocenters. The van der Waals surface area contributed by atoms with Crippen LogP contribution in [0.25, 0.3) is 0 Å². The Morgan fingerprint density at radius 3 is 1.72 bits per heavy atom. The number of unbranched alkanes of at least 4 members (excludes halogenated alkanes) is 7. The zero-order chi connectivity index (χ0) is 44.6. The first-order valence-corrected chi connectivity index (χ1v) is 23.9. The summed E-state index contributed by atoms with van der Waals surface area (Å²) in [7, 11) is 0.965. The quantitative estimate of drug-likeness (QED) is 0.0201. The molecule has 0 radical (unpaired) electrons. The van der Waals surface area contributed by atoms with Gasteiger partial charge < -0.3 is 38.1 Å². The van der Waals surface area contributed by atoms with Crippen molar-refractivity contribution in [2.75, 3.05) is 47.5 Å². The standard InChI is InChI=1S/C48H82NO10P/c1-6-8-10-12-14-16-18-20-21-22-23-24-26-28-30-32-34-38-48(53)59-44(43-58-60(54,55)57-41-40-49(3,4)5)42-56-47(52)39-35-37-46(51)45(50)36-33-31-29-27-25-19-17-15-13-11-9-7-2/h9,11,15,17,20-21,23-25,27-28,30-31,33,44-46,50-51H,6-8,10,12-14,16,18-19,22,26,29,32,34-43H2,1-5H3/b11-9-,17-15-,21-20-,24-23-,27-25-,30-28-,33-31-/t44-,45+,46+/m1/s1. The number of quaternary nitrogens is 1. The summed E-state index contributed by atoms with van der Waals surface area (Å²) in [6, 6.07) is 0. The highest BCUT2D eigenvalue weighted by Crippen LogP contribution is 2.38. The predicted octanol–water partition coefficient (Wildman–Crippen LogP) is 10.1. The summed E-state index contributed by atoms with van der Waals surface area (Å²) in [5.74, 6) is -1.19. The number of ether oxygens (including phenoxy) is 2. The Hall–Kier alpha value is -2.89. The van der Waals surface area contributed by atoms with Gasteiger partial charge in [0.2, 0.25) is 0 Å². The highest BCUT2D eigenvalue weighted by molar-refractivity contribution is 7.45. The SMILES string of the molecule is CC/C=C\C/C=C\C/C=C\C/C=C\C[C@H](O)[C@@H](O)CCCC(=O)OC[C@H](COP(=O)([O-])OCC[N+](C)(C)C)OC(=O)CCC/C=C\C/C=C\C/C=C\CCCCCCCC. The number of esters is 2. The molecule has 60 heavy (non-hydrogen) atoms. The lowest BCUT2D eigenvalue weighted by atomic mass is 10.0. The van der Waals surface area contributed by atoms with Crippen LogP contribution in [-0.4, -0.2) is 92.5 Å². The van der Waals surface area contributed by atoms with E-state index in [9.17, 15) is 29.3 Å². The van der Waals surface area contributed by atoms with Crippen molar-refractivity contribution >= 4 is 19.8 Å². The summed E-state index contributed by atoms with van der Waals surface area (Å²) < 4.78 is 33.6. The average molecular weight is 864 g/mol. The number of likely N-dealkylation sites (N-methyl/N-ethyl adjacent to an activating group) is 1. The normalized spacial score (nSPS) is 15.4. The molecular weight excluding hydrogens is 781 g/mol. The fourth-order valence-corrected chi connectivity index (χ4v) is 6.19. The smallest absolute Gasteiger partial charge is 0.306 e. The number of hydrogen-bond acceptors (Lipinski definition) is 10. The van der Waals surface area contributed by atoms with Crippen molar-refractivity contribution in [3.05, 3.63) is 85.1 Å². The highest BCUT2D eigenvalue weighted by Gasteiger charge is 2.22. The summed E-state index contributed by atoms with van der Waals surface area (Å²) in [5.41, 5.74) is 0. The van der Waals surface area contributed by atoms with Gasteiger partial charge in [-0.25, -0.2) is 0 Å². The van der Waals surface area contributed by atoms with Crippen LogP contribution in [0.1, 0.15) is 142 Å². The number of phosphoric ester groups is 1. The molecule has 0 fully saturated rings. The van der Waals surface area contributed by atoms with Crippen LogP contribution in [0.2, 0.25) is 0 Å². The van der Waals surface area contributed by atoms with E-state index in [0.717, 1.165) is 44.9 Å². The highest BCUT2D eigenvalue weighted by atomic mass is 31.2. The molecule has 0 saturated carbocycles. The van der Waals surface area contributed by atoms with E-state index in [1.165, 1.54) is 38.5 Å². The van der Waals surface area contributed by atoms with Gasteiger partial charge in [-0.2, -0.15) is 0 Å². The van der Waals surface area contributed by atoms with Crippen LogP contribution in [0, 0.1) is 0 Å². The molecule has 12 heteroatoms. The third-order valence-electron chi connectivity index (χ3n) is 9.10. The van der Waals surface area contributed by atoms with Gasteiger partial charge in [0.1, 0.15) is 19.8 Å². The van der Waals surface area contributed by atoms with Crippen molar-refractivity contribution in [3.8, 4) is 0 Å². The molecule has 0 aliphatic rings. The summed E-state index contributed by atoms with van der Waals surface area (Å²) in [4.78, 5) is 37.6. The van der Waals surface area contributed by atoms with Gasteiger partial charge in [-0.15, -0.1) is 0 Å². The second-order valence-corrected chi connectivity index (χ2v) is 17.4. The Morgan fingerprint density at radius 2 is 1.13 bits per heavy atom. The van der Waals surface area contributed by atoms with E-state index < -0.39 is 51.3 Å². The molecule has 0 aromatic carbocycles. The van der Waals surface area contributed by atoms with Gasteiger partial charge in [0, 0.05) is 12.8 Å². The largest absolute Gasteiger partial charge is 0.756 e. The molecule has 11 nitrogen and oxygen atoms in total. The van der Waals surface area contributed by atoms with Gasteiger partial charge in [-0.1, -0.05) is 131 Å². The molecule has 0 bridgehead atoms. The number of phosphoric acid groups is 1. The molecule has 0 rings (SSSR count). The molecule has 0 aromatic rings. The van der Waals surface area contributed by atoms with Crippen molar-refractivity contribution in [1.29, 1.82) is 0 Å². The number of aliphatic hydroxyl groups is 2. The maximum absolute atomic E-state index is 12.7. The minimum absolute atomic E-state index is 0.0546. The summed E-state index contributed by atoms with van der Waals surface area (Å²) in [5, 5.41) is 20.7. The first kappa shape index (κ1) is 57.1. The number of allylic oxidation sites excluding steroid dienone is 13. The van der Waals surface area contributed by atoms with Gasteiger partial charge in [0.15, 0.2) is 6.10 Å². The first-order chi connectivity index (χ1) is 28.8. The van der Waals surface area contributed by atoms with E-state index in [4.69, 9.17) is 18.5 Å². The number of nitrogens with zero attached hydrogens (tertiary/aromatic N) is 1. The third kappa shape index (κ3) is 40.5. The van der Waals surface area contributed by atoms with E-state index in [2.05, 4.69) is 68.5 Å². The van der Waals surface area contributed by atoms with Crippen LogP contribution >= 0.6 is 7.82 Å². The van der Waals surface area contributed by atoms with Gasteiger partial charge in [-0.3, -0.25) is 14.2 Å². The number of rotatable bonds is 39. The molecule has 0 aromatic heterocycles. The lowest BCUT2D eigenvalue weighted by Gasteiger charge is -2.28. The maximum atomic E-state index is 12.7. The molecule has 4 atom stereocenters. The fraction of sp³-hybridized carbons (Fsp3) is 0.667. The maximum Gasteiger partial charge on any atom is 0.306 e. The minimum atomic E-state index is -4.71. The topological polar surface area (TPSA) is 152 Å². The van der Waals surface area contributed by atoms with Gasteiger partial charge in [-0.05, 0) is 83.5 Å². The fourth-order valence-electron chi connectivity index (χ4n) is 5.46. The van der Waals surface area contributed by atoms with Gasteiger partial charge in [0.05, 0.1) is 40.0 Å². The molecule has 0 spiro atoms. The molecule has 0 aliphatic carbocycles. The van der Waals surface area contributed by atoms with Crippen LogP contribution in [0.5, 0.6) is 0 Å². The minimum Gasteiger partial charge on any atom is -0.756 e. The van der Waals surface area contributed by atoms with E-state index in [1.54, 1.807) is 0 Å².